The Balaban J connectivity index is 1.60. The number of halogens is 1. The van der Waals surface area contributed by atoms with Gasteiger partial charge in [-0.25, -0.2) is 4.98 Å². The third-order valence-electron chi connectivity index (χ3n) is 3.37. The summed E-state index contributed by atoms with van der Waals surface area (Å²) >= 11 is 12.9. The van der Waals surface area contributed by atoms with Crippen LogP contribution in [-0.2, 0) is 5.75 Å². The SMILES string of the molecule is S=C(SCc1ncc(-c2ccc(Cl)cc2)o1)N1CCCC1. The van der Waals surface area contributed by atoms with Crippen LogP contribution in [0.3, 0.4) is 0 Å². The average Bonchev–Trinajstić information content (AvgIpc) is 3.17. The van der Waals surface area contributed by atoms with Gasteiger partial charge in [-0.15, -0.1) is 0 Å². The zero-order valence-electron chi connectivity index (χ0n) is 11.4. The highest BCUT2D eigenvalue weighted by molar-refractivity contribution is 8.22. The van der Waals surface area contributed by atoms with Gasteiger partial charge in [0.15, 0.2) is 5.76 Å². The first kappa shape index (κ1) is 14.9. The zero-order valence-corrected chi connectivity index (χ0v) is 13.8. The van der Waals surface area contributed by atoms with E-state index < -0.39 is 0 Å². The van der Waals surface area contributed by atoms with Crippen molar-refractivity contribution in [1.82, 2.24) is 9.88 Å². The van der Waals surface area contributed by atoms with Crippen molar-refractivity contribution in [1.29, 1.82) is 0 Å². The van der Waals surface area contributed by atoms with Gasteiger partial charge in [0.25, 0.3) is 0 Å². The van der Waals surface area contributed by atoms with Crippen LogP contribution in [0.25, 0.3) is 11.3 Å². The highest BCUT2D eigenvalue weighted by Gasteiger charge is 2.16. The summed E-state index contributed by atoms with van der Waals surface area (Å²) in [6.07, 6.45) is 4.22. The van der Waals surface area contributed by atoms with Crippen LogP contribution >= 0.6 is 35.6 Å². The van der Waals surface area contributed by atoms with Crippen molar-refractivity contribution in [3.8, 4) is 11.3 Å². The summed E-state index contributed by atoms with van der Waals surface area (Å²) in [7, 11) is 0. The number of aromatic nitrogens is 1. The summed E-state index contributed by atoms with van der Waals surface area (Å²) in [5, 5.41) is 0.713. The van der Waals surface area contributed by atoms with Crippen LogP contribution in [0.5, 0.6) is 0 Å². The smallest absolute Gasteiger partial charge is 0.205 e. The van der Waals surface area contributed by atoms with E-state index in [-0.39, 0.29) is 0 Å². The molecule has 0 radical (unpaired) electrons. The van der Waals surface area contributed by atoms with Crippen molar-refractivity contribution in [2.45, 2.75) is 18.6 Å². The van der Waals surface area contributed by atoms with Crippen molar-refractivity contribution in [3.05, 3.63) is 41.4 Å². The van der Waals surface area contributed by atoms with E-state index in [0.717, 1.165) is 28.7 Å². The normalized spacial score (nSPS) is 14.6. The van der Waals surface area contributed by atoms with Gasteiger partial charge >= 0.3 is 0 Å². The van der Waals surface area contributed by atoms with E-state index in [0.29, 0.717) is 16.7 Å². The van der Waals surface area contributed by atoms with E-state index in [2.05, 4.69) is 9.88 Å². The van der Waals surface area contributed by atoms with Gasteiger partial charge in [-0.2, -0.15) is 0 Å². The molecule has 3 rings (SSSR count). The zero-order chi connectivity index (χ0) is 14.7. The van der Waals surface area contributed by atoms with Crippen molar-refractivity contribution >= 4 is 39.9 Å². The van der Waals surface area contributed by atoms with Gasteiger partial charge in [-0.1, -0.05) is 35.6 Å². The molecule has 1 aromatic carbocycles. The number of rotatable bonds is 3. The van der Waals surface area contributed by atoms with E-state index in [1.807, 2.05) is 24.3 Å². The molecule has 6 heteroatoms. The molecule has 21 heavy (non-hydrogen) atoms. The summed E-state index contributed by atoms with van der Waals surface area (Å²) in [6.45, 7) is 2.15. The molecule has 0 unspecified atom stereocenters. The van der Waals surface area contributed by atoms with Crippen LogP contribution in [0.1, 0.15) is 18.7 Å². The highest BCUT2D eigenvalue weighted by Crippen LogP contribution is 2.25. The Bertz CT molecular complexity index is 621. The maximum atomic E-state index is 5.88. The number of hydrogen-bond donors (Lipinski definition) is 0. The molecule has 1 saturated heterocycles. The van der Waals surface area contributed by atoms with Gasteiger partial charge < -0.3 is 9.32 Å². The van der Waals surface area contributed by atoms with Gasteiger partial charge in [0.2, 0.25) is 5.89 Å². The van der Waals surface area contributed by atoms with E-state index in [1.165, 1.54) is 12.8 Å². The average molecular weight is 339 g/mol. The molecule has 110 valence electrons. The third-order valence-corrected chi connectivity index (χ3v) is 5.13. The molecule has 0 spiro atoms. The van der Waals surface area contributed by atoms with Gasteiger partial charge in [0, 0.05) is 23.7 Å². The van der Waals surface area contributed by atoms with Crippen LogP contribution < -0.4 is 0 Å². The van der Waals surface area contributed by atoms with Gasteiger partial charge in [0.1, 0.15) is 4.32 Å². The predicted molar refractivity (Wildman–Crippen MR) is 91.6 cm³/mol. The highest BCUT2D eigenvalue weighted by atomic mass is 35.5. The molecule has 2 aromatic rings. The Morgan fingerprint density at radius 3 is 2.71 bits per heavy atom. The minimum absolute atomic E-state index is 0.670. The molecule has 1 aliphatic heterocycles. The molecule has 0 amide bonds. The van der Waals surface area contributed by atoms with Crippen LogP contribution in [-0.4, -0.2) is 27.3 Å². The van der Waals surface area contributed by atoms with Crippen LogP contribution in [0, 0.1) is 0 Å². The number of oxazole rings is 1. The van der Waals surface area contributed by atoms with E-state index >= 15 is 0 Å². The summed E-state index contributed by atoms with van der Waals surface area (Å²) in [4.78, 5) is 6.57. The lowest BCUT2D eigenvalue weighted by molar-refractivity contribution is 0.528. The van der Waals surface area contributed by atoms with Crippen LogP contribution in [0.15, 0.2) is 34.9 Å². The van der Waals surface area contributed by atoms with Gasteiger partial charge in [0.05, 0.1) is 11.9 Å². The summed E-state index contributed by atoms with van der Waals surface area (Å²) in [5.74, 6) is 2.13. The fourth-order valence-electron chi connectivity index (χ4n) is 2.24. The summed E-state index contributed by atoms with van der Waals surface area (Å²) in [5.41, 5.74) is 0.977. The Hall–Kier alpha value is -1.04. The van der Waals surface area contributed by atoms with Crippen LogP contribution in [0.2, 0.25) is 5.02 Å². The molecule has 1 aromatic heterocycles. The van der Waals surface area contributed by atoms with Crippen molar-refractivity contribution in [3.63, 3.8) is 0 Å². The summed E-state index contributed by atoms with van der Waals surface area (Å²) < 4.78 is 6.71. The number of likely N-dealkylation sites (tertiary alicyclic amines) is 1. The fourth-order valence-corrected chi connectivity index (χ4v) is 3.47. The standard InChI is InChI=1S/C15H15ClN2OS2/c16-12-5-3-11(4-6-12)13-9-17-14(19-13)10-21-15(20)18-7-1-2-8-18/h3-6,9H,1-2,7-8,10H2. The van der Waals surface area contributed by atoms with Crippen molar-refractivity contribution < 1.29 is 4.42 Å². The Morgan fingerprint density at radius 1 is 1.29 bits per heavy atom. The number of thiocarbonyl (C=S) groups is 1. The largest absolute Gasteiger partial charge is 0.440 e. The molecule has 0 N–H and O–H groups in total. The van der Waals surface area contributed by atoms with Crippen molar-refractivity contribution in [2.75, 3.05) is 13.1 Å². The lowest BCUT2D eigenvalue weighted by Crippen LogP contribution is -2.23. The molecule has 2 heterocycles. The second-order valence-electron chi connectivity index (χ2n) is 4.87. The van der Waals surface area contributed by atoms with Crippen molar-refractivity contribution in [2.24, 2.45) is 0 Å². The van der Waals surface area contributed by atoms with Gasteiger partial charge in [-0.3, -0.25) is 0 Å². The van der Waals surface area contributed by atoms with E-state index in [4.69, 9.17) is 28.2 Å². The minimum atomic E-state index is 0.670. The Morgan fingerprint density at radius 2 is 2.00 bits per heavy atom. The molecule has 1 aliphatic rings. The number of benzene rings is 1. The molecule has 0 bridgehead atoms. The lowest BCUT2D eigenvalue weighted by Gasteiger charge is -2.16. The maximum Gasteiger partial charge on any atom is 0.205 e. The number of hydrogen-bond acceptors (Lipinski definition) is 4. The monoisotopic (exact) mass is 338 g/mol. The summed E-state index contributed by atoms with van der Waals surface area (Å²) in [6, 6.07) is 7.54. The van der Waals surface area contributed by atoms with Crippen LogP contribution in [0.4, 0.5) is 0 Å². The number of nitrogens with zero attached hydrogens (tertiary/aromatic N) is 2. The lowest BCUT2D eigenvalue weighted by atomic mass is 10.2. The van der Waals surface area contributed by atoms with E-state index in [1.54, 1.807) is 18.0 Å². The minimum Gasteiger partial charge on any atom is -0.440 e. The quantitative estimate of drug-likeness (QED) is 0.762. The molecular formula is C15H15ClN2OS2. The first-order valence-electron chi connectivity index (χ1n) is 6.85. The van der Waals surface area contributed by atoms with Gasteiger partial charge in [-0.05, 0) is 37.1 Å². The molecule has 0 aliphatic carbocycles. The molecule has 0 atom stereocenters. The second kappa shape index (κ2) is 6.81. The topological polar surface area (TPSA) is 29.3 Å². The van der Waals surface area contributed by atoms with E-state index in [9.17, 15) is 0 Å². The molecule has 0 saturated carbocycles. The molecular weight excluding hydrogens is 324 g/mol. The fraction of sp³-hybridized carbons (Fsp3) is 0.333. The Kier molecular flexibility index (Phi) is 4.83. The third kappa shape index (κ3) is 3.78. The first-order chi connectivity index (χ1) is 10.2. The predicted octanol–water partition coefficient (Wildman–Crippen LogP) is 4.61. The first-order valence-corrected chi connectivity index (χ1v) is 8.62. The maximum absolute atomic E-state index is 5.88. The molecule has 1 fully saturated rings. The Labute approximate surface area is 138 Å². The second-order valence-corrected chi connectivity index (χ2v) is 6.92. The number of thioether (sulfide) groups is 1. The molecule has 3 nitrogen and oxygen atoms in total.